The van der Waals surface area contributed by atoms with Crippen molar-refractivity contribution in [1.29, 1.82) is 0 Å². The van der Waals surface area contributed by atoms with Crippen LogP contribution >= 0.6 is 0 Å². The van der Waals surface area contributed by atoms with E-state index in [1.54, 1.807) is 6.07 Å². The highest BCUT2D eigenvalue weighted by Gasteiger charge is 2.64. The maximum absolute atomic E-state index is 13.1. The second-order valence-corrected chi connectivity index (χ2v) is 6.32. The van der Waals surface area contributed by atoms with Crippen LogP contribution in [0.2, 0.25) is 0 Å². The quantitative estimate of drug-likeness (QED) is 0.878. The molecule has 0 aliphatic carbocycles. The van der Waals surface area contributed by atoms with Crippen molar-refractivity contribution >= 4 is 11.9 Å². The van der Waals surface area contributed by atoms with Gasteiger partial charge in [0.1, 0.15) is 5.75 Å². The lowest BCUT2D eigenvalue weighted by Crippen LogP contribution is -2.47. The number of likely N-dealkylation sites (tertiary alicyclic amines) is 1. The molecule has 0 radical (unpaired) electrons. The minimum atomic E-state index is -4.90. The van der Waals surface area contributed by atoms with Crippen LogP contribution in [0.25, 0.3) is 0 Å². The van der Waals surface area contributed by atoms with E-state index in [0.717, 1.165) is 16.0 Å². The zero-order valence-corrected chi connectivity index (χ0v) is 14.0. The summed E-state index contributed by atoms with van der Waals surface area (Å²) in [6, 6.07) is 5.54. The average Bonchev–Trinajstić information content (AvgIpc) is 2.96. The smallest absolute Gasteiger partial charge is 0.406 e. The number of carbonyl (C=O) groups is 2. The van der Waals surface area contributed by atoms with Crippen LogP contribution in [0.1, 0.15) is 24.0 Å². The predicted octanol–water partition coefficient (Wildman–Crippen LogP) is 2.94. The molecule has 2 rings (SSSR count). The van der Waals surface area contributed by atoms with Gasteiger partial charge in [-0.05, 0) is 31.9 Å². The summed E-state index contributed by atoms with van der Waals surface area (Å²) in [7, 11) is 0. The van der Waals surface area contributed by atoms with E-state index in [4.69, 9.17) is 9.84 Å². The highest BCUT2D eigenvalue weighted by Crippen LogP contribution is 2.45. The van der Waals surface area contributed by atoms with Gasteiger partial charge in [0.05, 0.1) is 13.0 Å². The van der Waals surface area contributed by atoms with Gasteiger partial charge in [-0.25, -0.2) is 0 Å². The molecule has 0 saturated carbocycles. The third-order valence-electron chi connectivity index (χ3n) is 4.48. The molecule has 1 aromatic carbocycles. The van der Waals surface area contributed by atoms with Crippen LogP contribution in [0, 0.1) is 19.3 Å². The second-order valence-electron chi connectivity index (χ2n) is 6.32. The van der Waals surface area contributed by atoms with E-state index in [0.29, 0.717) is 5.75 Å². The monoisotopic (exact) mass is 359 g/mol. The Morgan fingerprint density at radius 3 is 2.52 bits per heavy atom. The molecule has 5 nitrogen and oxygen atoms in total. The van der Waals surface area contributed by atoms with Gasteiger partial charge in [0.15, 0.2) is 5.41 Å². The molecular weight excluding hydrogens is 339 g/mol. The van der Waals surface area contributed by atoms with E-state index in [1.165, 1.54) is 0 Å². The molecule has 1 aliphatic rings. The van der Waals surface area contributed by atoms with Gasteiger partial charge in [-0.3, -0.25) is 9.59 Å². The van der Waals surface area contributed by atoms with Gasteiger partial charge in [0.25, 0.3) is 0 Å². The Bertz CT molecular complexity index is 674. The molecule has 0 spiro atoms. The lowest BCUT2D eigenvalue weighted by molar-refractivity contribution is -0.227. The number of amides is 1. The lowest BCUT2D eigenvalue weighted by Gasteiger charge is -2.27. The number of hydrogen-bond donors (Lipinski definition) is 1. The molecule has 1 saturated heterocycles. The van der Waals surface area contributed by atoms with E-state index in [1.807, 2.05) is 26.0 Å². The fraction of sp³-hybridized carbons (Fsp3) is 0.529. The first kappa shape index (κ1) is 19.1. The summed E-state index contributed by atoms with van der Waals surface area (Å²) in [6.45, 7) is 2.73. The summed E-state index contributed by atoms with van der Waals surface area (Å²) >= 11 is 0. The van der Waals surface area contributed by atoms with Crippen LogP contribution in [0.15, 0.2) is 18.2 Å². The fourth-order valence-electron chi connectivity index (χ4n) is 2.92. The van der Waals surface area contributed by atoms with Gasteiger partial charge in [-0.2, -0.15) is 13.2 Å². The summed E-state index contributed by atoms with van der Waals surface area (Å²) < 4.78 is 44.8. The Labute approximate surface area is 143 Å². The van der Waals surface area contributed by atoms with E-state index in [9.17, 15) is 22.8 Å². The van der Waals surface area contributed by atoms with Crippen molar-refractivity contribution in [3.8, 4) is 5.75 Å². The van der Waals surface area contributed by atoms with Crippen LogP contribution < -0.4 is 4.74 Å². The van der Waals surface area contributed by atoms with Crippen LogP contribution in [-0.4, -0.2) is 47.8 Å². The van der Waals surface area contributed by atoms with Gasteiger partial charge < -0.3 is 14.7 Å². The third kappa shape index (κ3) is 3.88. The van der Waals surface area contributed by atoms with E-state index < -0.39 is 36.4 Å². The predicted molar refractivity (Wildman–Crippen MR) is 83.3 cm³/mol. The minimum Gasteiger partial charge on any atom is -0.493 e. The number of nitrogens with zero attached hydrogens (tertiary/aromatic N) is 1. The van der Waals surface area contributed by atoms with Gasteiger partial charge in [-0.15, -0.1) is 0 Å². The largest absolute Gasteiger partial charge is 0.493 e. The Balaban J connectivity index is 1.93. The molecule has 1 amide bonds. The van der Waals surface area contributed by atoms with Crippen molar-refractivity contribution in [2.75, 3.05) is 19.7 Å². The van der Waals surface area contributed by atoms with Crippen molar-refractivity contribution in [3.63, 3.8) is 0 Å². The summed E-state index contributed by atoms with van der Waals surface area (Å²) in [5.74, 6) is -1.88. The van der Waals surface area contributed by atoms with Crippen LogP contribution in [0.5, 0.6) is 5.75 Å². The first-order valence-corrected chi connectivity index (χ1v) is 7.85. The lowest BCUT2D eigenvalue weighted by atomic mass is 9.86. The third-order valence-corrected chi connectivity index (χ3v) is 4.48. The molecule has 1 atom stereocenters. The highest BCUT2D eigenvalue weighted by atomic mass is 19.4. The summed E-state index contributed by atoms with van der Waals surface area (Å²) in [5, 5.41) is 8.99. The van der Waals surface area contributed by atoms with Crippen LogP contribution in [0.4, 0.5) is 13.2 Å². The zero-order valence-electron chi connectivity index (χ0n) is 14.0. The number of alkyl halides is 3. The Morgan fingerprint density at radius 1 is 1.32 bits per heavy atom. The standard InChI is InChI=1S/C17H20F3NO4/c1-11-3-4-13(12(2)9-11)25-8-5-14(22)21-7-6-16(10-21,15(23)24)17(18,19)20/h3-4,9H,5-8,10H2,1-2H3,(H,23,24). The number of aliphatic carboxylic acids is 1. The summed E-state index contributed by atoms with van der Waals surface area (Å²) in [6.07, 6.45) is -5.64. The molecule has 1 heterocycles. The second kappa shape index (κ2) is 6.93. The van der Waals surface area contributed by atoms with Crippen molar-refractivity contribution in [2.24, 2.45) is 5.41 Å². The number of carbonyl (C=O) groups excluding carboxylic acids is 1. The molecule has 1 fully saturated rings. The minimum absolute atomic E-state index is 0.0192. The summed E-state index contributed by atoms with van der Waals surface area (Å²) in [5.41, 5.74) is -0.914. The zero-order chi connectivity index (χ0) is 18.8. The number of carboxylic acid groups (broad SMARTS) is 1. The highest BCUT2D eigenvalue weighted by molar-refractivity contribution is 5.81. The first-order chi connectivity index (χ1) is 11.6. The normalized spacial score (nSPS) is 20.6. The SMILES string of the molecule is Cc1ccc(OCCC(=O)N2CCC(C(=O)O)(C(F)(F)F)C2)c(C)c1. The number of ether oxygens (including phenoxy) is 1. The topological polar surface area (TPSA) is 66.8 Å². The number of halogens is 3. The van der Waals surface area contributed by atoms with Crippen molar-refractivity contribution < 1.29 is 32.6 Å². The molecule has 0 bridgehead atoms. The van der Waals surface area contributed by atoms with E-state index >= 15 is 0 Å². The maximum Gasteiger partial charge on any atom is 0.406 e. The Kier molecular flexibility index (Phi) is 5.29. The maximum atomic E-state index is 13.1. The molecule has 8 heteroatoms. The molecule has 1 N–H and O–H groups in total. The molecule has 25 heavy (non-hydrogen) atoms. The van der Waals surface area contributed by atoms with E-state index in [-0.39, 0.29) is 19.6 Å². The number of aryl methyl sites for hydroxylation is 2. The van der Waals surface area contributed by atoms with Gasteiger partial charge in [0, 0.05) is 13.1 Å². The molecule has 1 aliphatic heterocycles. The molecular formula is C17H20F3NO4. The Morgan fingerprint density at radius 2 is 2.00 bits per heavy atom. The first-order valence-electron chi connectivity index (χ1n) is 7.85. The average molecular weight is 359 g/mol. The molecule has 138 valence electrons. The Hall–Kier alpha value is -2.25. The van der Waals surface area contributed by atoms with Crippen molar-refractivity contribution in [3.05, 3.63) is 29.3 Å². The fourth-order valence-corrected chi connectivity index (χ4v) is 2.92. The van der Waals surface area contributed by atoms with Crippen LogP contribution in [0.3, 0.4) is 0 Å². The van der Waals surface area contributed by atoms with Gasteiger partial charge in [-0.1, -0.05) is 17.7 Å². The van der Waals surface area contributed by atoms with Crippen molar-refractivity contribution in [1.82, 2.24) is 4.90 Å². The molecule has 1 aromatic rings. The molecule has 0 aromatic heterocycles. The summed E-state index contributed by atoms with van der Waals surface area (Å²) in [4.78, 5) is 24.2. The number of carboxylic acids is 1. The molecule has 1 unspecified atom stereocenters. The number of hydrogen-bond acceptors (Lipinski definition) is 3. The van der Waals surface area contributed by atoms with Crippen LogP contribution in [-0.2, 0) is 9.59 Å². The van der Waals surface area contributed by atoms with Gasteiger partial charge >= 0.3 is 12.1 Å². The number of rotatable bonds is 5. The number of benzene rings is 1. The van der Waals surface area contributed by atoms with E-state index in [2.05, 4.69) is 0 Å². The van der Waals surface area contributed by atoms with Crippen molar-refractivity contribution in [2.45, 2.75) is 32.9 Å². The van der Waals surface area contributed by atoms with Gasteiger partial charge in [0.2, 0.25) is 5.91 Å².